The molecule has 0 aliphatic carbocycles. The van der Waals surface area contributed by atoms with Crippen LogP contribution in [0.2, 0.25) is 0 Å². The van der Waals surface area contributed by atoms with Crippen LogP contribution in [0.1, 0.15) is 29.2 Å². The molecular weight excluding hydrogens is 272 g/mol. The Bertz CT molecular complexity index is 652. The van der Waals surface area contributed by atoms with E-state index in [0.29, 0.717) is 0 Å². The molecule has 0 aliphatic rings. The summed E-state index contributed by atoms with van der Waals surface area (Å²) in [6, 6.07) is 3.48. The molecule has 106 valence electrons. The van der Waals surface area contributed by atoms with Gasteiger partial charge in [-0.25, -0.2) is 13.6 Å². The van der Waals surface area contributed by atoms with Crippen molar-refractivity contribution in [2.24, 2.45) is 0 Å². The van der Waals surface area contributed by atoms with E-state index in [1.165, 1.54) is 20.1 Å². The summed E-state index contributed by atoms with van der Waals surface area (Å²) < 4.78 is 36.7. The maximum Gasteiger partial charge on any atom is 0.374 e. The van der Waals surface area contributed by atoms with Gasteiger partial charge >= 0.3 is 5.97 Å². The number of rotatable bonds is 4. The Morgan fingerprint density at radius 2 is 2.15 bits per heavy atom. The van der Waals surface area contributed by atoms with Crippen LogP contribution in [0.15, 0.2) is 22.7 Å². The molecular formula is C13H11F2NO4. The average molecular weight is 283 g/mol. The van der Waals surface area contributed by atoms with E-state index >= 15 is 0 Å². The molecule has 20 heavy (non-hydrogen) atoms. The summed E-state index contributed by atoms with van der Waals surface area (Å²) in [5.41, 5.74) is 0.280. The summed E-state index contributed by atoms with van der Waals surface area (Å²) in [6.45, 7) is 1.26. The quantitative estimate of drug-likeness (QED) is 0.932. The van der Waals surface area contributed by atoms with Gasteiger partial charge in [0, 0.05) is 11.6 Å². The van der Waals surface area contributed by atoms with Crippen LogP contribution in [0.25, 0.3) is 11.3 Å². The Balaban J connectivity index is 2.60. The van der Waals surface area contributed by atoms with Gasteiger partial charge in [-0.05, 0) is 24.6 Å². The fourth-order valence-corrected chi connectivity index (χ4v) is 1.74. The molecule has 0 fully saturated rings. The number of halogens is 2. The van der Waals surface area contributed by atoms with E-state index in [1.54, 1.807) is 0 Å². The van der Waals surface area contributed by atoms with Gasteiger partial charge in [0.2, 0.25) is 5.76 Å². The SMILES string of the molecule is COc1c(F)cc(C(C)F)cc1-c1cc(C(=O)O)on1. The Labute approximate surface area is 112 Å². The standard InChI is InChI=1S/C13H11F2NO4/c1-6(14)7-3-8(12(19-2)9(15)4-7)10-5-11(13(17)18)20-16-10/h3-6H,1-2H3,(H,17,18). The zero-order valence-corrected chi connectivity index (χ0v) is 10.7. The van der Waals surface area contributed by atoms with Crippen LogP contribution >= 0.6 is 0 Å². The predicted molar refractivity (Wildman–Crippen MR) is 64.9 cm³/mol. The van der Waals surface area contributed by atoms with Crippen LogP contribution in [-0.2, 0) is 0 Å². The van der Waals surface area contributed by atoms with Gasteiger partial charge in [-0.15, -0.1) is 0 Å². The number of ether oxygens (including phenoxy) is 1. The Kier molecular flexibility index (Phi) is 3.69. The first kappa shape index (κ1) is 14.0. The first-order chi connectivity index (χ1) is 9.43. The van der Waals surface area contributed by atoms with Gasteiger partial charge < -0.3 is 14.4 Å². The van der Waals surface area contributed by atoms with E-state index in [1.807, 2.05) is 0 Å². The van der Waals surface area contributed by atoms with E-state index in [0.717, 1.165) is 12.1 Å². The molecule has 1 unspecified atom stereocenters. The first-order valence-electron chi connectivity index (χ1n) is 5.66. The molecule has 0 radical (unpaired) electrons. The van der Waals surface area contributed by atoms with Gasteiger partial charge in [0.1, 0.15) is 11.9 Å². The van der Waals surface area contributed by atoms with Crippen LogP contribution in [0.4, 0.5) is 8.78 Å². The molecule has 0 bridgehead atoms. The third-order valence-electron chi connectivity index (χ3n) is 2.73. The van der Waals surface area contributed by atoms with Crippen molar-refractivity contribution < 1.29 is 27.9 Å². The van der Waals surface area contributed by atoms with Crippen molar-refractivity contribution in [2.45, 2.75) is 13.1 Å². The summed E-state index contributed by atoms with van der Waals surface area (Å²) in [4.78, 5) is 10.7. The molecule has 1 aromatic carbocycles. The molecule has 0 spiro atoms. The highest BCUT2D eigenvalue weighted by atomic mass is 19.1. The Morgan fingerprint density at radius 3 is 2.65 bits per heavy atom. The number of hydrogen-bond acceptors (Lipinski definition) is 4. The lowest BCUT2D eigenvalue weighted by Gasteiger charge is -2.10. The Morgan fingerprint density at radius 1 is 1.45 bits per heavy atom. The zero-order chi connectivity index (χ0) is 14.9. The van der Waals surface area contributed by atoms with Gasteiger partial charge in [0.15, 0.2) is 11.6 Å². The first-order valence-corrected chi connectivity index (χ1v) is 5.66. The van der Waals surface area contributed by atoms with Crippen molar-refractivity contribution in [2.75, 3.05) is 7.11 Å². The number of carboxylic acids is 1. The van der Waals surface area contributed by atoms with Gasteiger partial charge in [0.25, 0.3) is 0 Å². The zero-order valence-electron chi connectivity index (χ0n) is 10.7. The summed E-state index contributed by atoms with van der Waals surface area (Å²) >= 11 is 0. The van der Waals surface area contributed by atoms with E-state index in [2.05, 4.69) is 9.68 Å². The molecule has 0 amide bonds. The minimum atomic E-state index is -1.39. The fourth-order valence-electron chi connectivity index (χ4n) is 1.74. The number of methoxy groups -OCH3 is 1. The minimum absolute atomic E-state index is 0.0562. The number of alkyl halides is 1. The number of benzene rings is 1. The molecule has 1 heterocycles. The third kappa shape index (κ3) is 2.47. The molecule has 1 N–H and O–H groups in total. The molecule has 2 rings (SSSR count). The van der Waals surface area contributed by atoms with Crippen molar-refractivity contribution in [3.8, 4) is 17.0 Å². The number of hydrogen-bond donors (Lipinski definition) is 1. The molecule has 7 heteroatoms. The fraction of sp³-hybridized carbons (Fsp3) is 0.231. The highest BCUT2D eigenvalue weighted by molar-refractivity contribution is 5.86. The number of nitrogens with zero attached hydrogens (tertiary/aromatic N) is 1. The van der Waals surface area contributed by atoms with E-state index in [-0.39, 0.29) is 22.6 Å². The van der Waals surface area contributed by atoms with Gasteiger partial charge in [0.05, 0.1) is 7.11 Å². The lowest BCUT2D eigenvalue weighted by molar-refractivity contribution is 0.0652. The lowest BCUT2D eigenvalue weighted by atomic mass is 10.0. The number of aromatic carboxylic acids is 1. The van der Waals surface area contributed by atoms with Crippen LogP contribution in [0.3, 0.4) is 0 Å². The highest BCUT2D eigenvalue weighted by Crippen LogP contribution is 2.35. The molecule has 0 saturated carbocycles. The smallest absolute Gasteiger partial charge is 0.374 e. The van der Waals surface area contributed by atoms with E-state index in [9.17, 15) is 13.6 Å². The van der Waals surface area contributed by atoms with Crippen molar-refractivity contribution in [3.05, 3.63) is 35.3 Å². The Hall–Kier alpha value is -2.44. The summed E-state index contributed by atoms with van der Waals surface area (Å²) in [5, 5.41) is 12.3. The van der Waals surface area contributed by atoms with E-state index in [4.69, 9.17) is 9.84 Å². The lowest BCUT2D eigenvalue weighted by Crippen LogP contribution is -1.96. The molecule has 1 atom stereocenters. The van der Waals surface area contributed by atoms with Crippen LogP contribution in [-0.4, -0.2) is 23.3 Å². The third-order valence-corrected chi connectivity index (χ3v) is 2.73. The highest BCUT2D eigenvalue weighted by Gasteiger charge is 2.20. The van der Waals surface area contributed by atoms with Crippen LogP contribution in [0.5, 0.6) is 5.75 Å². The van der Waals surface area contributed by atoms with Gasteiger partial charge in [-0.3, -0.25) is 0 Å². The largest absolute Gasteiger partial charge is 0.493 e. The van der Waals surface area contributed by atoms with Crippen LogP contribution in [0, 0.1) is 5.82 Å². The van der Waals surface area contributed by atoms with Gasteiger partial charge in [-0.1, -0.05) is 5.16 Å². The second kappa shape index (κ2) is 5.28. The van der Waals surface area contributed by atoms with Crippen LogP contribution < -0.4 is 4.74 Å². The van der Waals surface area contributed by atoms with E-state index < -0.39 is 23.7 Å². The predicted octanol–water partition coefficient (Wildman–Crippen LogP) is 3.22. The van der Waals surface area contributed by atoms with Crippen molar-refractivity contribution in [3.63, 3.8) is 0 Å². The molecule has 0 saturated heterocycles. The summed E-state index contributed by atoms with van der Waals surface area (Å²) in [5.74, 6) is -2.62. The van der Waals surface area contributed by atoms with Crippen molar-refractivity contribution in [1.29, 1.82) is 0 Å². The molecule has 2 aromatic rings. The number of carbonyl (C=O) groups is 1. The molecule has 1 aromatic heterocycles. The normalized spacial score (nSPS) is 12.2. The maximum atomic E-state index is 13.9. The second-order valence-electron chi connectivity index (χ2n) is 4.08. The number of carboxylic acid groups (broad SMARTS) is 1. The summed E-state index contributed by atoms with van der Waals surface area (Å²) in [6.07, 6.45) is -1.39. The maximum absolute atomic E-state index is 13.9. The average Bonchev–Trinajstić information content (AvgIpc) is 2.87. The van der Waals surface area contributed by atoms with Crippen molar-refractivity contribution in [1.82, 2.24) is 5.16 Å². The molecule has 0 aliphatic heterocycles. The molecule has 5 nitrogen and oxygen atoms in total. The topological polar surface area (TPSA) is 72.6 Å². The minimum Gasteiger partial charge on any atom is -0.493 e. The summed E-state index contributed by atoms with van der Waals surface area (Å²) in [7, 11) is 1.25. The number of aromatic nitrogens is 1. The monoisotopic (exact) mass is 283 g/mol. The second-order valence-corrected chi connectivity index (χ2v) is 4.08. The van der Waals surface area contributed by atoms with Gasteiger partial charge in [-0.2, -0.15) is 0 Å². The van der Waals surface area contributed by atoms with Crippen molar-refractivity contribution >= 4 is 5.97 Å².